The molecular weight excluding hydrogens is 294 g/mol. The summed E-state index contributed by atoms with van der Waals surface area (Å²) in [7, 11) is 0. The van der Waals surface area contributed by atoms with Crippen LogP contribution in [0.5, 0.6) is 0 Å². The summed E-state index contributed by atoms with van der Waals surface area (Å²) >= 11 is 0. The molecule has 2 aromatic carbocycles. The van der Waals surface area contributed by atoms with Crippen molar-refractivity contribution in [3.63, 3.8) is 0 Å². The standard InChI is InChI=1S/C18H17NO4/c20-16(21)12-11-15(18(22)23)19-17(13-7-3-1-4-8-13)14-9-5-2-6-10-14/h1-10,15H,11-12H2,(H,20,21)(H,22,23). The minimum atomic E-state index is -1.13. The molecule has 0 aliphatic carbocycles. The third-order valence-corrected chi connectivity index (χ3v) is 3.30. The van der Waals surface area contributed by atoms with Crippen molar-refractivity contribution in [3.05, 3.63) is 71.8 Å². The van der Waals surface area contributed by atoms with Crippen molar-refractivity contribution in [2.24, 2.45) is 4.99 Å². The van der Waals surface area contributed by atoms with Crippen LogP contribution >= 0.6 is 0 Å². The Morgan fingerprint density at radius 2 is 1.35 bits per heavy atom. The second-order valence-electron chi connectivity index (χ2n) is 5.00. The van der Waals surface area contributed by atoms with E-state index in [0.29, 0.717) is 5.71 Å². The van der Waals surface area contributed by atoms with Crippen LogP contribution in [0, 0.1) is 0 Å². The maximum atomic E-state index is 11.4. The fourth-order valence-electron chi connectivity index (χ4n) is 2.17. The zero-order valence-corrected chi connectivity index (χ0v) is 12.4. The Balaban J connectivity index is 2.43. The van der Waals surface area contributed by atoms with Crippen molar-refractivity contribution in [2.45, 2.75) is 18.9 Å². The predicted octanol–water partition coefficient (Wildman–Crippen LogP) is 2.84. The van der Waals surface area contributed by atoms with E-state index in [9.17, 15) is 14.7 Å². The Kier molecular flexibility index (Phi) is 5.63. The van der Waals surface area contributed by atoms with Crippen molar-refractivity contribution >= 4 is 17.7 Å². The van der Waals surface area contributed by atoms with Crippen LogP contribution in [0.15, 0.2) is 65.7 Å². The van der Waals surface area contributed by atoms with Gasteiger partial charge >= 0.3 is 11.9 Å². The number of carbonyl (C=O) groups is 2. The highest BCUT2D eigenvalue weighted by molar-refractivity contribution is 6.13. The topological polar surface area (TPSA) is 87.0 Å². The molecule has 0 aromatic heterocycles. The summed E-state index contributed by atoms with van der Waals surface area (Å²) in [6.07, 6.45) is -0.287. The Labute approximate surface area is 133 Å². The molecule has 0 fully saturated rings. The van der Waals surface area contributed by atoms with E-state index in [1.165, 1.54) is 0 Å². The van der Waals surface area contributed by atoms with Crippen LogP contribution < -0.4 is 0 Å². The number of hydrogen-bond donors (Lipinski definition) is 2. The van der Waals surface area contributed by atoms with Gasteiger partial charge in [-0.15, -0.1) is 0 Å². The highest BCUT2D eigenvalue weighted by atomic mass is 16.4. The van der Waals surface area contributed by atoms with E-state index >= 15 is 0 Å². The number of hydrogen-bond acceptors (Lipinski definition) is 3. The van der Waals surface area contributed by atoms with Gasteiger partial charge in [-0.1, -0.05) is 60.7 Å². The Hall–Kier alpha value is -2.95. The maximum absolute atomic E-state index is 11.4. The molecule has 0 heterocycles. The maximum Gasteiger partial charge on any atom is 0.328 e. The molecule has 0 spiro atoms. The normalized spacial score (nSPS) is 11.5. The van der Waals surface area contributed by atoms with Crippen LogP contribution in [-0.4, -0.2) is 33.9 Å². The van der Waals surface area contributed by atoms with Crippen LogP contribution in [0.1, 0.15) is 24.0 Å². The third-order valence-electron chi connectivity index (χ3n) is 3.30. The van der Waals surface area contributed by atoms with Gasteiger partial charge in [0.1, 0.15) is 6.04 Å². The van der Waals surface area contributed by atoms with Crippen LogP contribution in [0.4, 0.5) is 0 Å². The molecule has 5 nitrogen and oxygen atoms in total. The average Bonchev–Trinajstić information content (AvgIpc) is 2.56. The summed E-state index contributed by atoms with van der Waals surface area (Å²) in [5.41, 5.74) is 2.13. The Morgan fingerprint density at radius 3 is 1.74 bits per heavy atom. The second-order valence-corrected chi connectivity index (χ2v) is 5.00. The van der Waals surface area contributed by atoms with E-state index in [4.69, 9.17) is 5.11 Å². The zero-order chi connectivity index (χ0) is 16.7. The number of rotatable bonds is 7. The average molecular weight is 311 g/mol. The molecule has 23 heavy (non-hydrogen) atoms. The van der Waals surface area contributed by atoms with E-state index < -0.39 is 18.0 Å². The zero-order valence-electron chi connectivity index (χ0n) is 12.4. The SMILES string of the molecule is O=C(O)CCC(N=C(c1ccccc1)c1ccccc1)C(=O)O. The molecule has 5 heteroatoms. The fourth-order valence-corrected chi connectivity index (χ4v) is 2.17. The third kappa shape index (κ3) is 4.78. The van der Waals surface area contributed by atoms with Crippen LogP contribution in [0.2, 0.25) is 0 Å². The molecule has 2 aromatic rings. The predicted molar refractivity (Wildman–Crippen MR) is 86.8 cm³/mol. The quantitative estimate of drug-likeness (QED) is 0.770. The number of carboxylic acids is 2. The Morgan fingerprint density at radius 1 is 0.870 bits per heavy atom. The lowest BCUT2D eigenvalue weighted by Crippen LogP contribution is -2.22. The first kappa shape index (κ1) is 16.4. The molecule has 0 saturated carbocycles. The van der Waals surface area contributed by atoms with Gasteiger partial charge < -0.3 is 10.2 Å². The lowest BCUT2D eigenvalue weighted by atomic mass is 10.0. The molecule has 0 saturated heterocycles. The summed E-state index contributed by atoms with van der Waals surface area (Å²) in [6.45, 7) is 0. The number of carboxylic acid groups (broad SMARTS) is 2. The first-order chi connectivity index (χ1) is 11.1. The molecule has 0 bridgehead atoms. The minimum absolute atomic E-state index is 0.0478. The number of aliphatic imine (C=N–C) groups is 1. The minimum Gasteiger partial charge on any atom is -0.481 e. The van der Waals surface area contributed by atoms with Crippen molar-refractivity contribution in [1.29, 1.82) is 0 Å². The molecule has 1 atom stereocenters. The highest BCUT2D eigenvalue weighted by Gasteiger charge is 2.19. The van der Waals surface area contributed by atoms with Crippen molar-refractivity contribution in [1.82, 2.24) is 0 Å². The lowest BCUT2D eigenvalue weighted by molar-refractivity contribution is -0.139. The van der Waals surface area contributed by atoms with Gasteiger partial charge in [0, 0.05) is 17.5 Å². The van der Waals surface area contributed by atoms with Gasteiger partial charge in [0.2, 0.25) is 0 Å². The highest BCUT2D eigenvalue weighted by Crippen LogP contribution is 2.14. The fraction of sp³-hybridized carbons (Fsp3) is 0.167. The molecule has 0 amide bonds. The van der Waals surface area contributed by atoms with Gasteiger partial charge in [-0.3, -0.25) is 9.79 Å². The van der Waals surface area contributed by atoms with E-state index in [-0.39, 0.29) is 12.8 Å². The Bertz CT molecular complexity index is 654. The molecular formula is C18H17NO4. The molecule has 118 valence electrons. The second kappa shape index (κ2) is 7.89. The van der Waals surface area contributed by atoms with Gasteiger partial charge in [0.15, 0.2) is 0 Å². The van der Waals surface area contributed by atoms with E-state index in [2.05, 4.69) is 4.99 Å². The molecule has 2 rings (SSSR count). The van der Waals surface area contributed by atoms with Crippen molar-refractivity contribution in [3.8, 4) is 0 Å². The van der Waals surface area contributed by atoms with E-state index in [1.807, 2.05) is 60.7 Å². The van der Waals surface area contributed by atoms with Crippen molar-refractivity contribution in [2.75, 3.05) is 0 Å². The molecule has 0 aliphatic rings. The molecule has 0 aliphatic heterocycles. The summed E-state index contributed by atoms with van der Waals surface area (Å²) < 4.78 is 0. The number of nitrogens with zero attached hydrogens (tertiary/aromatic N) is 1. The molecule has 0 radical (unpaired) electrons. The van der Waals surface area contributed by atoms with Gasteiger partial charge in [0.25, 0.3) is 0 Å². The number of benzene rings is 2. The summed E-state index contributed by atoms with van der Waals surface area (Å²) in [4.78, 5) is 26.5. The first-order valence-electron chi connectivity index (χ1n) is 7.21. The summed E-state index contributed by atoms with van der Waals surface area (Å²) in [6, 6.07) is 17.4. The largest absolute Gasteiger partial charge is 0.481 e. The summed E-state index contributed by atoms with van der Waals surface area (Å²) in [5, 5.41) is 18.1. The van der Waals surface area contributed by atoms with Gasteiger partial charge in [-0.05, 0) is 6.42 Å². The lowest BCUT2D eigenvalue weighted by Gasteiger charge is -2.12. The van der Waals surface area contributed by atoms with Crippen LogP contribution in [-0.2, 0) is 9.59 Å². The van der Waals surface area contributed by atoms with Crippen LogP contribution in [0.25, 0.3) is 0 Å². The van der Waals surface area contributed by atoms with Crippen LogP contribution in [0.3, 0.4) is 0 Å². The smallest absolute Gasteiger partial charge is 0.328 e. The van der Waals surface area contributed by atoms with E-state index in [0.717, 1.165) is 11.1 Å². The van der Waals surface area contributed by atoms with Gasteiger partial charge in [-0.25, -0.2) is 4.79 Å². The summed E-state index contributed by atoms with van der Waals surface area (Å²) in [5.74, 6) is -2.16. The van der Waals surface area contributed by atoms with E-state index in [1.54, 1.807) is 0 Å². The molecule has 1 unspecified atom stereocenters. The number of aliphatic carboxylic acids is 2. The molecule has 2 N–H and O–H groups in total. The first-order valence-corrected chi connectivity index (χ1v) is 7.21. The monoisotopic (exact) mass is 311 g/mol. The van der Waals surface area contributed by atoms with Gasteiger partial charge in [0.05, 0.1) is 5.71 Å². The van der Waals surface area contributed by atoms with Gasteiger partial charge in [-0.2, -0.15) is 0 Å². The van der Waals surface area contributed by atoms with Crippen molar-refractivity contribution < 1.29 is 19.8 Å².